The number of hydrogen-bond donors (Lipinski definition) is 0. The zero-order chi connectivity index (χ0) is 12.0. The first-order chi connectivity index (χ1) is 7.78. The van der Waals surface area contributed by atoms with Crippen LogP contribution in [-0.2, 0) is 0 Å². The number of nitrogens with zero attached hydrogens (tertiary/aromatic N) is 1. The molecule has 0 aliphatic rings. The van der Waals surface area contributed by atoms with Gasteiger partial charge >= 0.3 is 0 Å². The van der Waals surface area contributed by atoms with E-state index in [-0.39, 0.29) is 0 Å². The van der Waals surface area contributed by atoms with Crippen molar-refractivity contribution in [3.63, 3.8) is 0 Å². The second-order valence-electron chi connectivity index (χ2n) is 3.98. The summed E-state index contributed by atoms with van der Waals surface area (Å²) in [6.45, 7) is 12.8. The monoisotopic (exact) mass is 217 g/mol. The molecule has 0 aliphatic carbocycles. The average Bonchev–Trinajstić information content (AvgIpc) is 2.35. The molecule has 0 aliphatic heterocycles. The predicted molar refractivity (Wildman–Crippen MR) is 72.5 cm³/mol. The largest absolute Gasteiger partial charge is 0.297 e. The molecule has 88 valence electrons. The van der Waals surface area contributed by atoms with Crippen molar-refractivity contribution in [2.45, 2.75) is 33.2 Å². The highest BCUT2D eigenvalue weighted by Gasteiger charge is 2.17. The summed E-state index contributed by atoms with van der Waals surface area (Å²) in [5.74, 6) is 0. The molecule has 16 heavy (non-hydrogen) atoms. The Morgan fingerprint density at radius 2 is 1.81 bits per heavy atom. The van der Waals surface area contributed by atoms with Gasteiger partial charge in [0.15, 0.2) is 0 Å². The molecule has 0 fully saturated rings. The number of rotatable bonds is 6. The van der Waals surface area contributed by atoms with E-state index in [0.717, 1.165) is 19.5 Å². The molecule has 0 spiro atoms. The Morgan fingerprint density at radius 1 is 1.19 bits per heavy atom. The van der Waals surface area contributed by atoms with Gasteiger partial charge in [-0.05, 0) is 30.6 Å². The third-order valence-electron chi connectivity index (χ3n) is 3.21. The van der Waals surface area contributed by atoms with Gasteiger partial charge in [0.1, 0.15) is 0 Å². The molecule has 0 N–H and O–H groups in total. The lowest BCUT2D eigenvalue weighted by Crippen LogP contribution is -2.28. The fraction of sp³-hybridized carbons (Fsp3) is 0.467. The van der Waals surface area contributed by atoms with Crippen molar-refractivity contribution in [2.24, 2.45) is 0 Å². The molecule has 1 aromatic carbocycles. The standard InChI is InChI=1S/C15H23N/c1-5-13-11-9-10-12-14(13)15(6-2)16(7-3)8-4/h5,9-12,15H,1,6-8H2,2-4H3. The van der Waals surface area contributed by atoms with E-state index >= 15 is 0 Å². The summed E-state index contributed by atoms with van der Waals surface area (Å²) in [4.78, 5) is 2.50. The van der Waals surface area contributed by atoms with Gasteiger partial charge in [0, 0.05) is 6.04 Å². The lowest BCUT2D eigenvalue weighted by Gasteiger charge is -2.30. The maximum atomic E-state index is 3.90. The number of hydrogen-bond acceptors (Lipinski definition) is 1. The first-order valence-corrected chi connectivity index (χ1v) is 6.23. The lowest BCUT2D eigenvalue weighted by molar-refractivity contribution is 0.213. The lowest BCUT2D eigenvalue weighted by atomic mass is 9.97. The highest BCUT2D eigenvalue weighted by Crippen LogP contribution is 2.27. The van der Waals surface area contributed by atoms with Crippen LogP contribution in [0.3, 0.4) is 0 Å². The van der Waals surface area contributed by atoms with Gasteiger partial charge in [-0.2, -0.15) is 0 Å². The van der Waals surface area contributed by atoms with Gasteiger partial charge in [-0.3, -0.25) is 4.90 Å². The van der Waals surface area contributed by atoms with Crippen molar-refractivity contribution in [1.82, 2.24) is 4.90 Å². The van der Waals surface area contributed by atoms with Crippen molar-refractivity contribution in [1.29, 1.82) is 0 Å². The topological polar surface area (TPSA) is 3.24 Å². The van der Waals surface area contributed by atoms with Crippen molar-refractivity contribution in [3.05, 3.63) is 42.0 Å². The first-order valence-electron chi connectivity index (χ1n) is 6.23. The van der Waals surface area contributed by atoms with Crippen LogP contribution < -0.4 is 0 Å². The summed E-state index contributed by atoms with van der Waals surface area (Å²) in [7, 11) is 0. The normalized spacial score (nSPS) is 12.8. The van der Waals surface area contributed by atoms with Gasteiger partial charge in [0.2, 0.25) is 0 Å². The zero-order valence-electron chi connectivity index (χ0n) is 10.7. The molecule has 1 unspecified atom stereocenters. The van der Waals surface area contributed by atoms with Crippen molar-refractivity contribution < 1.29 is 0 Å². The van der Waals surface area contributed by atoms with Crippen LogP contribution in [0.5, 0.6) is 0 Å². The van der Waals surface area contributed by atoms with Gasteiger partial charge in [-0.15, -0.1) is 0 Å². The van der Waals surface area contributed by atoms with Crippen LogP contribution in [0.2, 0.25) is 0 Å². The second-order valence-corrected chi connectivity index (χ2v) is 3.98. The van der Waals surface area contributed by atoms with Crippen LogP contribution in [-0.4, -0.2) is 18.0 Å². The molecule has 0 saturated carbocycles. The average molecular weight is 217 g/mol. The van der Waals surface area contributed by atoms with E-state index in [2.05, 4.69) is 56.5 Å². The summed E-state index contributed by atoms with van der Waals surface area (Å²) in [6.07, 6.45) is 3.11. The van der Waals surface area contributed by atoms with E-state index in [1.807, 2.05) is 6.08 Å². The minimum absolute atomic E-state index is 0.518. The highest BCUT2D eigenvalue weighted by atomic mass is 15.1. The molecule has 0 heterocycles. The summed E-state index contributed by atoms with van der Waals surface area (Å²) < 4.78 is 0. The molecule has 1 heteroatoms. The maximum Gasteiger partial charge on any atom is 0.0351 e. The Bertz CT molecular complexity index is 326. The van der Waals surface area contributed by atoms with Crippen molar-refractivity contribution >= 4 is 6.08 Å². The summed E-state index contributed by atoms with van der Waals surface area (Å²) in [6, 6.07) is 9.09. The van der Waals surface area contributed by atoms with E-state index < -0.39 is 0 Å². The Balaban J connectivity index is 3.06. The van der Waals surface area contributed by atoms with Crippen LogP contribution in [0.4, 0.5) is 0 Å². The van der Waals surface area contributed by atoms with Crippen LogP contribution >= 0.6 is 0 Å². The molecule has 0 radical (unpaired) electrons. The quantitative estimate of drug-likeness (QED) is 0.692. The Kier molecular flexibility index (Phi) is 5.27. The van der Waals surface area contributed by atoms with E-state index in [0.29, 0.717) is 6.04 Å². The molecule has 1 rings (SSSR count). The summed E-state index contributed by atoms with van der Waals surface area (Å²) in [5.41, 5.74) is 2.67. The molecule has 1 nitrogen and oxygen atoms in total. The van der Waals surface area contributed by atoms with E-state index in [4.69, 9.17) is 0 Å². The van der Waals surface area contributed by atoms with Gasteiger partial charge in [-0.1, -0.05) is 57.7 Å². The Morgan fingerprint density at radius 3 is 2.31 bits per heavy atom. The minimum Gasteiger partial charge on any atom is -0.297 e. The fourth-order valence-electron chi connectivity index (χ4n) is 2.34. The van der Waals surface area contributed by atoms with E-state index in [9.17, 15) is 0 Å². The van der Waals surface area contributed by atoms with Crippen molar-refractivity contribution in [2.75, 3.05) is 13.1 Å². The Labute approximate surface area is 99.8 Å². The molecular weight excluding hydrogens is 194 g/mol. The molecule has 1 aromatic rings. The van der Waals surface area contributed by atoms with E-state index in [1.165, 1.54) is 11.1 Å². The predicted octanol–water partition coefficient (Wildman–Crippen LogP) is 4.12. The molecular formula is C15H23N. The molecule has 1 atom stereocenters. The van der Waals surface area contributed by atoms with Gasteiger partial charge in [0.05, 0.1) is 0 Å². The van der Waals surface area contributed by atoms with Crippen LogP contribution in [0.15, 0.2) is 30.8 Å². The van der Waals surface area contributed by atoms with E-state index in [1.54, 1.807) is 0 Å². The number of benzene rings is 1. The van der Waals surface area contributed by atoms with Gasteiger partial charge in [0.25, 0.3) is 0 Å². The first kappa shape index (κ1) is 13.0. The SMILES string of the molecule is C=Cc1ccccc1C(CC)N(CC)CC. The Hall–Kier alpha value is -1.08. The van der Waals surface area contributed by atoms with Crippen LogP contribution in [0.1, 0.15) is 44.4 Å². The van der Waals surface area contributed by atoms with Gasteiger partial charge < -0.3 is 0 Å². The third-order valence-corrected chi connectivity index (χ3v) is 3.21. The molecule has 0 aromatic heterocycles. The summed E-state index contributed by atoms with van der Waals surface area (Å²) >= 11 is 0. The minimum atomic E-state index is 0.518. The highest BCUT2D eigenvalue weighted by molar-refractivity contribution is 5.52. The van der Waals surface area contributed by atoms with Crippen molar-refractivity contribution in [3.8, 4) is 0 Å². The van der Waals surface area contributed by atoms with Crippen LogP contribution in [0, 0.1) is 0 Å². The molecule has 0 amide bonds. The third kappa shape index (κ3) is 2.73. The smallest absolute Gasteiger partial charge is 0.0351 e. The van der Waals surface area contributed by atoms with Crippen LogP contribution in [0.25, 0.3) is 6.08 Å². The molecule has 0 saturated heterocycles. The summed E-state index contributed by atoms with van der Waals surface area (Å²) in [5, 5.41) is 0. The fourth-order valence-corrected chi connectivity index (χ4v) is 2.34. The maximum absolute atomic E-state index is 3.90. The van der Waals surface area contributed by atoms with Gasteiger partial charge in [-0.25, -0.2) is 0 Å². The molecule has 0 bridgehead atoms. The zero-order valence-corrected chi connectivity index (χ0v) is 10.7. The second kappa shape index (κ2) is 6.49.